The normalized spacial score (nSPS) is 10.4. The van der Waals surface area contributed by atoms with E-state index < -0.39 is 0 Å². The molecule has 1 nitrogen and oxygen atoms in total. The van der Waals surface area contributed by atoms with Crippen molar-refractivity contribution in [2.45, 2.75) is 12.7 Å². The number of aryl methyl sites for hydroxylation is 1. The van der Waals surface area contributed by atoms with Crippen LogP contribution in [0.25, 0.3) is 0 Å². The highest BCUT2D eigenvalue weighted by molar-refractivity contribution is 7.98. The molecule has 2 rings (SSSR count). The van der Waals surface area contributed by atoms with Gasteiger partial charge in [0.1, 0.15) is 0 Å². The Hall–Kier alpha value is -1.12. The number of halogens is 1. The SMILES string of the molecule is Cc1ccc(NCCSCc2ccccc2Cl)cc1. The molecule has 0 saturated heterocycles. The Kier molecular flexibility index (Phi) is 5.62. The number of nitrogens with one attached hydrogen (secondary N) is 1. The van der Waals surface area contributed by atoms with Gasteiger partial charge in [0.05, 0.1) is 0 Å². The van der Waals surface area contributed by atoms with Gasteiger partial charge in [-0.15, -0.1) is 0 Å². The predicted octanol–water partition coefficient (Wildman–Crippen LogP) is 4.99. The van der Waals surface area contributed by atoms with E-state index in [2.05, 4.69) is 42.6 Å². The molecule has 100 valence electrons. The maximum atomic E-state index is 6.12. The number of anilines is 1. The smallest absolute Gasteiger partial charge is 0.0446 e. The van der Waals surface area contributed by atoms with E-state index in [1.807, 2.05) is 30.0 Å². The minimum absolute atomic E-state index is 0.862. The van der Waals surface area contributed by atoms with Gasteiger partial charge in [0, 0.05) is 28.8 Å². The molecular formula is C16H18ClNS. The second kappa shape index (κ2) is 7.46. The molecule has 0 aliphatic rings. The van der Waals surface area contributed by atoms with Gasteiger partial charge in [-0.3, -0.25) is 0 Å². The number of hydrogen-bond donors (Lipinski definition) is 1. The van der Waals surface area contributed by atoms with Crippen molar-refractivity contribution in [3.8, 4) is 0 Å². The van der Waals surface area contributed by atoms with Gasteiger partial charge < -0.3 is 5.32 Å². The highest BCUT2D eigenvalue weighted by Gasteiger charge is 1.98. The largest absolute Gasteiger partial charge is 0.384 e. The van der Waals surface area contributed by atoms with E-state index >= 15 is 0 Å². The lowest BCUT2D eigenvalue weighted by molar-refractivity contribution is 1.22. The van der Waals surface area contributed by atoms with Crippen LogP contribution in [0, 0.1) is 6.92 Å². The monoisotopic (exact) mass is 291 g/mol. The fourth-order valence-corrected chi connectivity index (χ4v) is 2.88. The molecule has 0 aromatic heterocycles. The van der Waals surface area contributed by atoms with E-state index in [1.165, 1.54) is 16.8 Å². The predicted molar refractivity (Wildman–Crippen MR) is 87.3 cm³/mol. The Bertz CT molecular complexity index is 510. The molecule has 0 fully saturated rings. The summed E-state index contributed by atoms with van der Waals surface area (Å²) >= 11 is 8.01. The lowest BCUT2D eigenvalue weighted by Gasteiger charge is -2.07. The molecule has 0 heterocycles. The zero-order chi connectivity index (χ0) is 13.5. The summed E-state index contributed by atoms with van der Waals surface area (Å²) in [4.78, 5) is 0. The maximum absolute atomic E-state index is 6.12. The third-order valence-corrected chi connectivity index (χ3v) is 4.22. The van der Waals surface area contributed by atoms with Crippen LogP contribution in [-0.2, 0) is 5.75 Å². The van der Waals surface area contributed by atoms with Crippen molar-refractivity contribution >= 4 is 29.1 Å². The molecule has 1 N–H and O–H groups in total. The van der Waals surface area contributed by atoms with Gasteiger partial charge in [-0.1, -0.05) is 47.5 Å². The van der Waals surface area contributed by atoms with Crippen LogP contribution in [0.4, 0.5) is 5.69 Å². The molecule has 0 bridgehead atoms. The van der Waals surface area contributed by atoms with Crippen LogP contribution in [-0.4, -0.2) is 12.3 Å². The van der Waals surface area contributed by atoms with Crippen LogP contribution in [0.1, 0.15) is 11.1 Å². The molecule has 19 heavy (non-hydrogen) atoms. The fourth-order valence-electron chi connectivity index (χ4n) is 1.74. The Balaban J connectivity index is 1.67. The first-order chi connectivity index (χ1) is 9.25. The molecule has 0 atom stereocenters. The van der Waals surface area contributed by atoms with Gasteiger partial charge in [-0.25, -0.2) is 0 Å². The lowest BCUT2D eigenvalue weighted by Crippen LogP contribution is -2.04. The minimum atomic E-state index is 0.862. The molecule has 0 aliphatic carbocycles. The summed E-state index contributed by atoms with van der Waals surface area (Å²) in [5, 5.41) is 4.28. The van der Waals surface area contributed by atoms with E-state index in [4.69, 9.17) is 11.6 Å². The minimum Gasteiger partial charge on any atom is -0.384 e. The third kappa shape index (κ3) is 4.81. The number of rotatable bonds is 6. The summed E-state index contributed by atoms with van der Waals surface area (Å²) in [5.74, 6) is 2.04. The Morgan fingerprint density at radius 3 is 2.53 bits per heavy atom. The van der Waals surface area contributed by atoms with E-state index in [1.54, 1.807) is 0 Å². The lowest BCUT2D eigenvalue weighted by atomic mass is 10.2. The topological polar surface area (TPSA) is 12.0 Å². The average molecular weight is 292 g/mol. The number of benzene rings is 2. The van der Waals surface area contributed by atoms with Crippen LogP contribution >= 0.6 is 23.4 Å². The van der Waals surface area contributed by atoms with Crippen molar-refractivity contribution in [3.63, 3.8) is 0 Å². The molecule has 0 amide bonds. The van der Waals surface area contributed by atoms with Gasteiger partial charge in [-0.2, -0.15) is 11.8 Å². The van der Waals surface area contributed by atoms with Crippen LogP contribution in [0.5, 0.6) is 0 Å². The fraction of sp³-hybridized carbons (Fsp3) is 0.250. The van der Waals surface area contributed by atoms with Gasteiger partial charge in [-0.05, 0) is 30.7 Å². The number of hydrogen-bond acceptors (Lipinski definition) is 2. The molecule has 0 aliphatic heterocycles. The third-order valence-electron chi connectivity index (χ3n) is 2.84. The highest BCUT2D eigenvalue weighted by Crippen LogP contribution is 2.20. The van der Waals surface area contributed by atoms with Gasteiger partial charge in [0.15, 0.2) is 0 Å². The maximum Gasteiger partial charge on any atom is 0.0446 e. The molecule has 2 aromatic carbocycles. The summed E-state index contributed by atoms with van der Waals surface area (Å²) in [6.07, 6.45) is 0. The van der Waals surface area contributed by atoms with Crippen LogP contribution < -0.4 is 5.32 Å². The first-order valence-corrected chi connectivity index (χ1v) is 7.90. The molecule has 0 radical (unpaired) electrons. The Labute approximate surface area is 124 Å². The Morgan fingerprint density at radius 1 is 1.05 bits per heavy atom. The average Bonchev–Trinajstić information content (AvgIpc) is 2.42. The zero-order valence-electron chi connectivity index (χ0n) is 11.0. The van der Waals surface area contributed by atoms with Gasteiger partial charge in [0.25, 0.3) is 0 Å². The quantitative estimate of drug-likeness (QED) is 0.752. The van der Waals surface area contributed by atoms with E-state index in [0.29, 0.717) is 0 Å². The van der Waals surface area contributed by atoms with Crippen molar-refractivity contribution in [3.05, 3.63) is 64.7 Å². The molecule has 0 saturated carbocycles. The zero-order valence-corrected chi connectivity index (χ0v) is 12.6. The van der Waals surface area contributed by atoms with Crippen LogP contribution in [0.15, 0.2) is 48.5 Å². The first kappa shape index (κ1) is 14.3. The number of thioether (sulfide) groups is 1. The second-order valence-electron chi connectivity index (χ2n) is 4.44. The highest BCUT2D eigenvalue weighted by atomic mass is 35.5. The van der Waals surface area contributed by atoms with E-state index in [0.717, 1.165) is 23.1 Å². The molecule has 0 unspecified atom stereocenters. The standard InChI is InChI=1S/C16H18ClNS/c1-13-6-8-15(9-7-13)18-10-11-19-12-14-4-2-3-5-16(14)17/h2-9,18H,10-12H2,1H3. The van der Waals surface area contributed by atoms with E-state index in [9.17, 15) is 0 Å². The van der Waals surface area contributed by atoms with Crippen molar-refractivity contribution in [1.29, 1.82) is 0 Å². The summed E-state index contributed by atoms with van der Waals surface area (Å²) < 4.78 is 0. The van der Waals surface area contributed by atoms with Crippen molar-refractivity contribution in [1.82, 2.24) is 0 Å². The molecule has 3 heteroatoms. The summed E-state index contributed by atoms with van der Waals surface area (Å²) in [7, 11) is 0. The Morgan fingerprint density at radius 2 is 1.79 bits per heavy atom. The molecule has 2 aromatic rings. The van der Waals surface area contributed by atoms with E-state index in [-0.39, 0.29) is 0 Å². The van der Waals surface area contributed by atoms with Crippen molar-refractivity contribution in [2.24, 2.45) is 0 Å². The van der Waals surface area contributed by atoms with Crippen molar-refractivity contribution in [2.75, 3.05) is 17.6 Å². The molecular weight excluding hydrogens is 274 g/mol. The summed E-state index contributed by atoms with van der Waals surface area (Å²) in [6, 6.07) is 16.5. The molecule has 0 spiro atoms. The summed E-state index contributed by atoms with van der Waals surface area (Å²) in [6.45, 7) is 3.07. The van der Waals surface area contributed by atoms with Crippen LogP contribution in [0.3, 0.4) is 0 Å². The second-order valence-corrected chi connectivity index (χ2v) is 5.95. The van der Waals surface area contributed by atoms with Gasteiger partial charge in [0.2, 0.25) is 0 Å². The van der Waals surface area contributed by atoms with Gasteiger partial charge >= 0.3 is 0 Å². The first-order valence-electron chi connectivity index (χ1n) is 6.37. The van der Waals surface area contributed by atoms with Crippen molar-refractivity contribution < 1.29 is 0 Å². The summed E-state index contributed by atoms with van der Waals surface area (Å²) in [5.41, 5.74) is 3.69. The van der Waals surface area contributed by atoms with Crippen LogP contribution in [0.2, 0.25) is 5.02 Å².